The van der Waals surface area contributed by atoms with E-state index in [0.29, 0.717) is 22.5 Å². The molecule has 1 saturated heterocycles. The molecule has 2 fully saturated rings. The normalized spacial score (nSPS) is 23.4. The zero-order valence-corrected chi connectivity index (χ0v) is 27.9. The van der Waals surface area contributed by atoms with E-state index in [1.54, 1.807) is 31.4 Å². The van der Waals surface area contributed by atoms with Gasteiger partial charge in [-0.05, 0) is 67.6 Å². The van der Waals surface area contributed by atoms with Crippen LogP contribution in [-0.4, -0.2) is 77.9 Å². The van der Waals surface area contributed by atoms with E-state index in [1.807, 2.05) is 26.8 Å². The lowest BCUT2D eigenvalue weighted by Gasteiger charge is -2.35. The van der Waals surface area contributed by atoms with Crippen LogP contribution in [0.25, 0.3) is 17.1 Å². The first-order chi connectivity index (χ1) is 21.9. The fraction of sp³-hybridized carbons (Fsp3) is 0.571. The average molecular weight is 637 g/mol. The SMILES string of the molecule is C=CCCC[C@@H]1CC[C@@H](C)[C@H]1OC(=O)N[C@H](C(=O)N1C[C@H](Oc2nc3cc(OC)ccc3nc2C=C)C[C@H]1C(=O)OC)C(C)(C)C. The van der Waals surface area contributed by atoms with Crippen molar-refractivity contribution in [2.75, 3.05) is 20.8 Å². The molecular formula is C35H48N4O7. The Labute approximate surface area is 271 Å². The number of methoxy groups -OCH3 is 2. The highest BCUT2D eigenvalue weighted by Gasteiger charge is 2.47. The monoisotopic (exact) mass is 636 g/mol. The zero-order valence-electron chi connectivity index (χ0n) is 27.9. The predicted octanol–water partition coefficient (Wildman–Crippen LogP) is 5.71. The number of allylic oxidation sites excluding steroid dienone is 1. The lowest BCUT2D eigenvalue weighted by Crippen LogP contribution is -2.57. The molecule has 0 radical (unpaired) electrons. The minimum atomic E-state index is -0.974. The lowest BCUT2D eigenvalue weighted by molar-refractivity contribution is -0.152. The number of fused-ring (bicyclic) bond motifs is 1. The summed E-state index contributed by atoms with van der Waals surface area (Å²) in [7, 11) is 2.85. The van der Waals surface area contributed by atoms with Gasteiger partial charge < -0.3 is 29.2 Å². The van der Waals surface area contributed by atoms with Crippen LogP contribution >= 0.6 is 0 Å². The number of alkyl carbamates (subject to hydrolysis) is 1. The third-order valence-electron chi connectivity index (χ3n) is 8.97. The number of carbonyl (C=O) groups is 3. The highest BCUT2D eigenvalue weighted by atomic mass is 16.6. The van der Waals surface area contributed by atoms with Crippen LogP contribution in [0, 0.1) is 17.3 Å². The van der Waals surface area contributed by atoms with Crippen molar-refractivity contribution < 1.29 is 33.3 Å². The Morgan fingerprint density at radius 1 is 1.13 bits per heavy atom. The van der Waals surface area contributed by atoms with E-state index in [4.69, 9.17) is 18.9 Å². The smallest absolute Gasteiger partial charge is 0.408 e. The topological polar surface area (TPSA) is 129 Å². The Hall–Kier alpha value is -4.15. The summed E-state index contributed by atoms with van der Waals surface area (Å²) in [5, 5.41) is 2.85. The van der Waals surface area contributed by atoms with E-state index in [0.717, 1.165) is 32.1 Å². The number of nitrogens with one attached hydrogen (secondary N) is 1. The van der Waals surface area contributed by atoms with Crippen molar-refractivity contribution in [3.8, 4) is 11.6 Å². The molecule has 46 heavy (non-hydrogen) atoms. The molecule has 0 unspecified atom stereocenters. The molecule has 11 nitrogen and oxygen atoms in total. The molecule has 1 N–H and O–H groups in total. The van der Waals surface area contributed by atoms with E-state index in [-0.39, 0.29) is 36.8 Å². The second-order valence-corrected chi connectivity index (χ2v) is 13.3. The molecule has 1 saturated carbocycles. The van der Waals surface area contributed by atoms with Gasteiger partial charge >= 0.3 is 12.1 Å². The molecule has 11 heteroatoms. The molecule has 2 aliphatic rings. The maximum Gasteiger partial charge on any atom is 0.408 e. The van der Waals surface area contributed by atoms with Crippen LogP contribution in [0.3, 0.4) is 0 Å². The van der Waals surface area contributed by atoms with Crippen LogP contribution in [0.5, 0.6) is 11.6 Å². The fourth-order valence-electron chi connectivity index (χ4n) is 6.43. The van der Waals surface area contributed by atoms with Gasteiger partial charge in [0, 0.05) is 12.5 Å². The van der Waals surface area contributed by atoms with Crippen LogP contribution < -0.4 is 14.8 Å². The Morgan fingerprint density at radius 2 is 1.89 bits per heavy atom. The first kappa shape index (κ1) is 34.7. The van der Waals surface area contributed by atoms with Crippen LogP contribution in [0.2, 0.25) is 0 Å². The fourth-order valence-corrected chi connectivity index (χ4v) is 6.43. The van der Waals surface area contributed by atoms with Crippen LogP contribution in [0.15, 0.2) is 37.4 Å². The number of esters is 1. The summed E-state index contributed by atoms with van der Waals surface area (Å²) < 4.78 is 22.7. The summed E-state index contributed by atoms with van der Waals surface area (Å²) in [6.45, 7) is 15.4. The molecule has 1 aliphatic heterocycles. The van der Waals surface area contributed by atoms with Crippen molar-refractivity contribution in [2.24, 2.45) is 17.3 Å². The Kier molecular flexibility index (Phi) is 11.3. The van der Waals surface area contributed by atoms with Gasteiger partial charge in [-0.3, -0.25) is 4.79 Å². The van der Waals surface area contributed by atoms with E-state index in [9.17, 15) is 14.4 Å². The molecule has 6 atom stereocenters. The maximum absolute atomic E-state index is 14.2. The Morgan fingerprint density at radius 3 is 2.54 bits per heavy atom. The molecule has 0 spiro atoms. The summed E-state index contributed by atoms with van der Waals surface area (Å²) in [4.78, 5) is 51.1. The minimum absolute atomic E-state index is 0.0708. The molecule has 2 heterocycles. The lowest BCUT2D eigenvalue weighted by atomic mass is 9.85. The highest BCUT2D eigenvalue weighted by Crippen LogP contribution is 2.37. The largest absolute Gasteiger partial charge is 0.497 e. The van der Waals surface area contributed by atoms with Crippen LogP contribution in [-0.2, 0) is 19.1 Å². The predicted molar refractivity (Wildman–Crippen MR) is 175 cm³/mol. The van der Waals surface area contributed by atoms with Gasteiger partial charge in [-0.2, -0.15) is 0 Å². The number of aromatic nitrogens is 2. The Bertz CT molecular complexity index is 1440. The van der Waals surface area contributed by atoms with E-state index >= 15 is 0 Å². The van der Waals surface area contributed by atoms with Crippen molar-refractivity contribution in [1.82, 2.24) is 20.2 Å². The first-order valence-corrected chi connectivity index (χ1v) is 16.0. The van der Waals surface area contributed by atoms with Gasteiger partial charge in [0.15, 0.2) is 0 Å². The summed E-state index contributed by atoms with van der Waals surface area (Å²) in [5.41, 5.74) is 0.933. The minimum Gasteiger partial charge on any atom is -0.497 e. The third-order valence-corrected chi connectivity index (χ3v) is 8.97. The average Bonchev–Trinajstić information content (AvgIpc) is 3.61. The molecule has 1 aromatic carbocycles. The molecule has 2 aromatic rings. The molecule has 2 amide bonds. The summed E-state index contributed by atoms with van der Waals surface area (Å²) in [6.07, 6.45) is 6.99. The van der Waals surface area contributed by atoms with Crippen LogP contribution in [0.4, 0.5) is 4.79 Å². The number of carbonyl (C=O) groups excluding carboxylic acids is 3. The maximum atomic E-state index is 14.2. The second-order valence-electron chi connectivity index (χ2n) is 13.3. The van der Waals surface area contributed by atoms with Crippen molar-refractivity contribution in [1.29, 1.82) is 0 Å². The van der Waals surface area contributed by atoms with E-state index in [1.165, 1.54) is 12.0 Å². The summed E-state index contributed by atoms with van der Waals surface area (Å²) in [5.74, 6) is 0.336. The number of rotatable bonds is 12. The number of amides is 2. The number of nitrogens with zero attached hydrogens (tertiary/aromatic N) is 3. The number of likely N-dealkylation sites (tertiary alicyclic amines) is 1. The molecule has 0 bridgehead atoms. The molecule has 250 valence electrons. The van der Waals surface area contributed by atoms with Crippen molar-refractivity contribution in [2.45, 2.75) is 90.5 Å². The van der Waals surface area contributed by atoms with Crippen molar-refractivity contribution in [3.05, 3.63) is 43.1 Å². The number of benzene rings is 1. The molecule has 4 rings (SSSR count). The van der Waals surface area contributed by atoms with E-state index in [2.05, 4.69) is 35.4 Å². The number of ether oxygens (including phenoxy) is 4. The molecule has 1 aliphatic carbocycles. The van der Waals surface area contributed by atoms with Crippen molar-refractivity contribution in [3.63, 3.8) is 0 Å². The third kappa shape index (κ3) is 7.97. The highest BCUT2D eigenvalue weighted by molar-refractivity contribution is 5.91. The zero-order chi connectivity index (χ0) is 33.6. The van der Waals surface area contributed by atoms with Gasteiger partial charge in [-0.1, -0.05) is 40.3 Å². The second kappa shape index (κ2) is 15.0. The van der Waals surface area contributed by atoms with Gasteiger partial charge in [0.25, 0.3) is 0 Å². The molecule has 1 aromatic heterocycles. The first-order valence-electron chi connectivity index (χ1n) is 16.0. The Balaban J connectivity index is 1.53. The number of hydrogen-bond acceptors (Lipinski definition) is 9. The van der Waals surface area contributed by atoms with Gasteiger partial charge in [-0.25, -0.2) is 19.6 Å². The summed E-state index contributed by atoms with van der Waals surface area (Å²) >= 11 is 0. The quantitative estimate of drug-likeness (QED) is 0.177. The van der Waals surface area contributed by atoms with Gasteiger partial charge in [0.2, 0.25) is 11.8 Å². The van der Waals surface area contributed by atoms with Gasteiger partial charge in [-0.15, -0.1) is 6.58 Å². The number of hydrogen-bond donors (Lipinski definition) is 1. The van der Waals surface area contributed by atoms with Gasteiger partial charge in [0.05, 0.1) is 31.8 Å². The van der Waals surface area contributed by atoms with E-state index < -0.39 is 41.6 Å². The van der Waals surface area contributed by atoms with Crippen LogP contribution in [0.1, 0.15) is 71.9 Å². The summed E-state index contributed by atoms with van der Waals surface area (Å²) in [6, 6.07) is 3.44. The molecular weight excluding hydrogens is 588 g/mol. The standard InChI is InChI=1S/C35H48N4O7/c1-9-11-12-13-22-15-14-21(3)29(22)46-34(42)38-30(35(4,5)6)32(40)39-20-24(19-28(39)33(41)44-8)45-31-25(10-2)36-26-17-16-23(43-7)18-27(26)37-31/h9-10,16-18,21-22,24,28-30H,1-2,11-15,19-20H2,3-8H3,(H,38,42)/t21-,22-,24-,28+,29-,30-/m1/s1. The number of unbranched alkanes of at least 4 members (excludes halogenated alkanes) is 1. The van der Waals surface area contributed by atoms with Gasteiger partial charge in [0.1, 0.15) is 35.7 Å². The van der Waals surface area contributed by atoms with Crippen molar-refractivity contribution >= 4 is 35.1 Å².